The van der Waals surface area contributed by atoms with Crippen molar-refractivity contribution < 1.29 is 23.5 Å². The van der Waals surface area contributed by atoms with Gasteiger partial charge in [0.1, 0.15) is 11.5 Å². The third-order valence-electron chi connectivity index (χ3n) is 7.37. The monoisotopic (exact) mass is 558 g/mol. The van der Waals surface area contributed by atoms with Crippen LogP contribution in [0.2, 0.25) is 5.02 Å². The summed E-state index contributed by atoms with van der Waals surface area (Å²) in [6.07, 6.45) is 0.913. The lowest BCUT2D eigenvalue weighted by atomic mass is 9.91. The van der Waals surface area contributed by atoms with E-state index in [2.05, 4.69) is 13.8 Å². The molecule has 210 valence electrons. The van der Waals surface area contributed by atoms with Crippen molar-refractivity contribution in [2.24, 2.45) is 0 Å². The molecule has 1 aromatic heterocycles. The number of ether oxygens (including phenoxy) is 1. The average molecular weight is 559 g/mol. The third-order valence-corrected chi connectivity index (χ3v) is 7.68. The van der Waals surface area contributed by atoms with E-state index in [4.69, 9.17) is 21.3 Å². The molecule has 10 heteroatoms. The van der Waals surface area contributed by atoms with Crippen molar-refractivity contribution in [2.75, 3.05) is 37.7 Å². The number of hydrogen-bond acceptors (Lipinski definition) is 6. The first-order chi connectivity index (χ1) is 18.3. The van der Waals surface area contributed by atoms with E-state index < -0.39 is 11.4 Å². The van der Waals surface area contributed by atoms with E-state index in [1.165, 1.54) is 12.1 Å². The highest BCUT2D eigenvalue weighted by Gasteiger charge is 2.41. The van der Waals surface area contributed by atoms with Crippen LogP contribution in [0.15, 0.2) is 30.3 Å². The van der Waals surface area contributed by atoms with Crippen molar-refractivity contribution in [3.05, 3.63) is 52.6 Å². The van der Waals surface area contributed by atoms with Gasteiger partial charge in [0.15, 0.2) is 0 Å². The summed E-state index contributed by atoms with van der Waals surface area (Å²) in [5.41, 5.74) is 1.65. The fraction of sp³-hybridized carbons (Fsp3) is 0.517. The van der Waals surface area contributed by atoms with Gasteiger partial charge in [-0.25, -0.2) is 9.37 Å². The Labute approximate surface area is 234 Å². The second-order valence-corrected chi connectivity index (χ2v) is 11.8. The molecule has 0 atom stereocenters. The number of amides is 2. The van der Waals surface area contributed by atoms with Crippen molar-refractivity contribution in [1.29, 1.82) is 0 Å². The number of carbonyl (C=O) groups excluding carboxylic acids is 3. The first kappa shape index (κ1) is 28.8. The number of anilines is 2. The fourth-order valence-corrected chi connectivity index (χ4v) is 5.50. The molecule has 3 heterocycles. The zero-order chi connectivity index (χ0) is 28.5. The molecule has 1 aromatic carbocycles. The first-order valence-corrected chi connectivity index (χ1v) is 13.7. The number of fused-ring (bicyclic) bond motifs is 1. The summed E-state index contributed by atoms with van der Waals surface area (Å²) in [4.78, 5) is 48.4. The average Bonchev–Trinajstić information content (AvgIpc) is 3.15. The van der Waals surface area contributed by atoms with E-state index in [1.807, 2.05) is 24.8 Å². The lowest BCUT2D eigenvalue weighted by Gasteiger charge is -2.47. The predicted octanol–water partition coefficient (Wildman–Crippen LogP) is 5.10. The van der Waals surface area contributed by atoms with Gasteiger partial charge < -0.3 is 19.4 Å². The molecule has 0 saturated carbocycles. The Hall–Kier alpha value is -3.20. The molecule has 2 aromatic rings. The highest BCUT2D eigenvalue weighted by atomic mass is 35.5. The summed E-state index contributed by atoms with van der Waals surface area (Å²) in [6.45, 7) is 11.8. The molecule has 0 unspecified atom stereocenters. The number of carbonyl (C=O) groups is 3. The van der Waals surface area contributed by atoms with Gasteiger partial charge in [-0.05, 0) is 57.5 Å². The maximum absolute atomic E-state index is 14.2. The van der Waals surface area contributed by atoms with Gasteiger partial charge in [0.05, 0.1) is 28.5 Å². The molecule has 0 N–H and O–H groups in total. The van der Waals surface area contributed by atoms with Gasteiger partial charge >= 0.3 is 5.97 Å². The number of rotatable bonds is 7. The maximum Gasteiger partial charge on any atom is 0.305 e. The number of halogens is 2. The van der Waals surface area contributed by atoms with E-state index in [0.29, 0.717) is 50.6 Å². The highest BCUT2D eigenvalue weighted by Crippen LogP contribution is 2.44. The largest absolute Gasteiger partial charge is 0.466 e. The number of aromatic nitrogens is 1. The minimum absolute atomic E-state index is 0.0318. The van der Waals surface area contributed by atoms with Gasteiger partial charge in [0, 0.05) is 50.1 Å². The lowest BCUT2D eigenvalue weighted by Crippen LogP contribution is -2.62. The van der Waals surface area contributed by atoms with Crippen LogP contribution in [0.1, 0.15) is 70.1 Å². The van der Waals surface area contributed by atoms with E-state index >= 15 is 0 Å². The van der Waals surface area contributed by atoms with Crippen LogP contribution in [0.4, 0.5) is 15.8 Å². The standard InChI is InChI=1S/C29H36ClFN4O4/c1-6-39-25(37)9-7-8-24(36)33-14-15-35(29(4,5)18-33)27(38)22-12-13-23-26(32-22)28(2,3)17-34(23)19-10-11-20(30)21(31)16-19/h10-13,16H,6-9,14-15,17-18H2,1-5H3. The second kappa shape index (κ2) is 11.1. The minimum atomic E-state index is -0.602. The quantitative estimate of drug-likeness (QED) is 0.440. The van der Waals surface area contributed by atoms with Gasteiger partial charge in [-0.1, -0.05) is 25.4 Å². The van der Waals surface area contributed by atoms with Crippen molar-refractivity contribution in [3.8, 4) is 0 Å². The zero-order valence-electron chi connectivity index (χ0n) is 23.2. The first-order valence-electron chi connectivity index (χ1n) is 13.3. The van der Waals surface area contributed by atoms with Crippen LogP contribution in [0, 0.1) is 5.82 Å². The third kappa shape index (κ3) is 6.03. The topological polar surface area (TPSA) is 83.1 Å². The number of benzene rings is 1. The van der Waals surface area contributed by atoms with Crippen molar-refractivity contribution in [2.45, 2.75) is 64.8 Å². The summed E-state index contributed by atoms with van der Waals surface area (Å²) < 4.78 is 19.1. The van der Waals surface area contributed by atoms with Crippen molar-refractivity contribution >= 4 is 40.8 Å². The summed E-state index contributed by atoms with van der Waals surface area (Å²) in [7, 11) is 0. The smallest absolute Gasteiger partial charge is 0.305 e. The Morgan fingerprint density at radius 2 is 1.79 bits per heavy atom. The van der Waals surface area contributed by atoms with Gasteiger partial charge in [0.25, 0.3) is 5.91 Å². The molecule has 0 radical (unpaired) electrons. The molecule has 0 spiro atoms. The van der Waals surface area contributed by atoms with Crippen LogP contribution in [0.25, 0.3) is 0 Å². The summed E-state index contributed by atoms with van der Waals surface area (Å²) in [5.74, 6) is -1.01. The molecule has 1 saturated heterocycles. The molecule has 2 aliphatic rings. The number of esters is 1. The van der Waals surface area contributed by atoms with Gasteiger partial charge in [-0.2, -0.15) is 0 Å². The number of piperazine rings is 1. The SMILES string of the molecule is CCOC(=O)CCCC(=O)N1CCN(C(=O)c2ccc3c(n2)C(C)(C)CN3c2ccc(Cl)c(F)c2)C(C)(C)C1. The van der Waals surface area contributed by atoms with Crippen LogP contribution in [-0.2, 0) is 19.7 Å². The van der Waals surface area contributed by atoms with Gasteiger partial charge in [-0.15, -0.1) is 0 Å². The van der Waals surface area contributed by atoms with Crippen LogP contribution in [-0.4, -0.2) is 70.9 Å². The molecule has 39 heavy (non-hydrogen) atoms. The highest BCUT2D eigenvalue weighted by molar-refractivity contribution is 6.30. The Balaban J connectivity index is 1.47. The summed E-state index contributed by atoms with van der Waals surface area (Å²) >= 11 is 5.88. The maximum atomic E-state index is 14.2. The van der Waals surface area contributed by atoms with Gasteiger partial charge in [-0.3, -0.25) is 14.4 Å². The van der Waals surface area contributed by atoms with E-state index in [1.54, 1.807) is 28.9 Å². The number of hydrogen-bond donors (Lipinski definition) is 0. The molecule has 2 aliphatic heterocycles. The van der Waals surface area contributed by atoms with Crippen LogP contribution >= 0.6 is 11.6 Å². The molecule has 0 bridgehead atoms. The summed E-state index contributed by atoms with van der Waals surface area (Å²) in [5, 5.41) is 0.0672. The summed E-state index contributed by atoms with van der Waals surface area (Å²) in [6, 6.07) is 8.30. The minimum Gasteiger partial charge on any atom is -0.466 e. The molecule has 2 amide bonds. The molecule has 8 nitrogen and oxygen atoms in total. The molecule has 1 fully saturated rings. The Bertz CT molecular complexity index is 1280. The molecular weight excluding hydrogens is 523 g/mol. The normalized spacial score (nSPS) is 17.7. The van der Waals surface area contributed by atoms with Crippen molar-refractivity contribution in [1.82, 2.24) is 14.8 Å². The predicted molar refractivity (Wildman–Crippen MR) is 148 cm³/mol. The molecule has 0 aliphatic carbocycles. The van der Waals surface area contributed by atoms with Gasteiger partial charge in [0.2, 0.25) is 5.91 Å². The zero-order valence-corrected chi connectivity index (χ0v) is 24.0. The van der Waals surface area contributed by atoms with Crippen molar-refractivity contribution in [3.63, 3.8) is 0 Å². The van der Waals surface area contributed by atoms with Crippen LogP contribution in [0.5, 0.6) is 0 Å². The number of nitrogens with zero attached hydrogens (tertiary/aromatic N) is 4. The van der Waals surface area contributed by atoms with E-state index in [-0.39, 0.29) is 41.1 Å². The van der Waals surface area contributed by atoms with E-state index in [0.717, 1.165) is 11.4 Å². The second-order valence-electron chi connectivity index (χ2n) is 11.4. The molecule has 4 rings (SSSR count). The molecular formula is C29H36ClFN4O4. The lowest BCUT2D eigenvalue weighted by molar-refractivity contribution is -0.143. The van der Waals surface area contributed by atoms with Crippen LogP contribution < -0.4 is 4.90 Å². The van der Waals surface area contributed by atoms with E-state index in [9.17, 15) is 18.8 Å². The Morgan fingerprint density at radius 1 is 1.05 bits per heavy atom. The fourth-order valence-electron chi connectivity index (χ4n) is 5.38. The Morgan fingerprint density at radius 3 is 2.46 bits per heavy atom. The Kier molecular flexibility index (Phi) is 8.21. The number of pyridine rings is 1. The van der Waals surface area contributed by atoms with Crippen LogP contribution in [0.3, 0.4) is 0 Å².